The topological polar surface area (TPSA) is 103 Å². The van der Waals surface area contributed by atoms with Gasteiger partial charge in [0.1, 0.15) is 5.58 Å². The number of carbonyl (C=O) groups is 1. The summed E-state index contributed by atoms with van der Waals surface area (Å²) in [7, 11) is -0.209. The molecule has 9 heteroatoms. The molecule has 1 amide bonds. The maximum atomic E-state index is 13.5. The molecule has 174 valence electrons. The number of sulfone groups is 1. The van der Waals surface area contributed by atoms with E-state index in [1.165, 1.54) is 25.2 Å². The fraction of sp³-hybridized carbons (Fsp3) is 0.333. The Kier molecular flexibility index (Phi) is 6.16. The lowest BCUT2D eigenvalue weighted by molar-refractivity contribution is 0.0648. The Balaban J connectivity index is 1.74. The van der Waals surface area contributed by atoms with E-state index in [1.807, 2.05) is 6.92 Å². The maximum absolute atomic E-state index is 13.5. The summed E-state index contributed by atoms with van der Waals surface area (Å²) in [4.78, 5) is 27.7. The molecule has 0 bridgehead atoms. The lowest BCUT2D eigenvalue weighted by Crippen LogP contribution is -2.40. The molecule has 1 saturated heterocycles. The summed E-state index contributed by atoms with van der Waals surface area (Å²) in [6.45, 7) is 1.98. The Morgan fingerprint density at radius 3 is 2.52 bits per heavy atom. The highest BCUT2D eigenvalue weighted by molar-refractivity contribution is 7.91. The van der Waals surface area contributed by atoms with E-state index in [0.29, 0.717) is 28.9 Å². The van der Waals surface area contributed by atoms with E-state index in [1.54, 1.807) is 36.4 Å². The predicted molar refractivity (Wildman–Crippen MR) is 124 cm³/mol. The lowest BCUT2D eigenvalue weighted by atomic mass is 10.1. The molecule has 33 heavy (non-hydrogen) atoms. The zero-order valence-corrected chi connectivity index (χ0v) is 19.5. The number of benzene rings is 2. The fourth-order valence-electron chi connectivity index (χ4n) is 4.08. The van der Waals surface area contributed by atoms with E-state index in [2.05, 4.69) is 0 Å². The van der Waals surface area contributed by atoms with Crippen molar-refractivity contribution < 1.29 is 27.1 Å². The van der Waals surface area contributed by atoms with Crippen LogP contribution >= 0.6 is 0 Å². The number of rotatable bonds is 6. The third-order valence-electron chi connectivity index (χ3n) is 5.80. The summed E-state index contributed by atoms with van der Waals surface area (Å²) < 4.78 is 40.7. The number of ether oxygens (including phenoxy) is 2. The first-order valence-corrected chi connectivity index (χ1v) is 12.3. The first kappa shape index (κ1) is 22.8. The average Bonchev–Trinajstić information content (AvgIpc) is 3.16. The number of methoxy groups -OCH3 is 2. The standard InChI is InChI=1S/C24H25NO7S/c1-15-4-6-20-18(10-15)19(26)12-23(32-20)24(27)25(17-8-9-33(28,29)14-17)13-16-5-7-21(30-2)22(11-16)31-3/h4-7,10-12,17H,8-9,13-14H2,1-3H3. The van der Waals surface area contributed by atoms with E-state index >= 15 is 0 Å². The van der Waals surface area contributed by atoms with Crippen LogP contribution in [-0.4, -0.2) is 51.0 Å². The van der Waals surface area contributed by atoms with Gasteiger partial charge < -0.3 is 18.8 Å². The zero-order chi connectivity index (χ0) is 23.8. The Bertz CT molecular complexity index is 1380. The summed E-state index contributed by atoms with van der Waals surface area (Å²) in [5.74, 6) is 0.247. The summed E-state index contributed by atoms with van der Waals surface area (Å²) >= 11 is 0. The second kappa shape index (κ2) is 8.90. The molecule has 1 atom stereocenters. The van der Waals surface area contributed by atoms with Crippen molar-refractivity contribution in [3.8, 4) is 11.5 Å². The second-order valence-corrected chi connectivity index (χ2v) is 10.4. The van der Waals surface area contributed by atoms with Gasteiger partial charge in [0.2, 0.25) is 0 Å². The number of carbonyl (C=O) groups excluding carboxylic acids is 1. The van der Waals surface area contributed by atoms with Gasteiger partial charge in [0.15, 0.2) is 32.5 Å². The highest BCUT2D eigenvalue weighted by Gasteiger charge is 2.36. The summed E-state index contributed by atoms with van der Waals surface area (Å²) in [5, 5.41) is 0.390. The van der Waals surface area contributed by atoms with Crippen LogP contribution in [0.4, 0.5) is 0 Å². The van der Waals surface area contributed by atoms with Crippen molar-refractivity contribution in [2.45, 2.75) is 25.9 Å². The summed E-state index contributed by atoms with van der Waals surface area (Å²) in [6.07, 6.45) is 0.318. The SMILES string of the molecule is COc1ccc(CN(C(=O)c2cc(=O)c3cc(C)ccc3o2)C2CCS(=O)(=O)C2)cc1OC. The molecule has 3 aromatic rings. The van der Waals surface area contributed by atoms with Crippen LogP contribution in [0, 0.1) is 6.92 Å². The molecule has 8 nitrogen and oxygen atoms in total. The van der Waals surface area contributed by atoms with Crippen LogP contribution < -0.4 is 14.9 Å². The molecule has 1 fully saturated rings. The van der Waals surface area contributed by atoms with Crippen molar-refractivity contribution in [2.75, 3.05) is 25.7 Å². The molecule has 1 unspecified atom stereocenters. The Hall–Kier alpha value is -3.33. The molecule has 0 N–H and O–H groups in total. The number of hydrogen-bond donors (Lipinski definition) is 0. The monoisotopic (exact) mass is 471 g/mol. The molecular weight excluding hydrogens is 446 g/mol. The Morgan fingerprint density at radius 2 is 1.85 bits per heavy atom. The van der Waals surface area contributed by atoms with Crippen molar-refractivity contribution in [3.05, 3.63) is 69.6 Å². The summed E-state index contributed by atoms with van der Waals surface area (Å²) in [5.41, 5.74) is 1.61. The third kappa shape index (κ3) is 4.73. The summed E-state index contributed by atoms with van der Waals surface area (Å²) in [6, 6.07) is 11.0. The van der Waals surface area contributed by atoms with Crippen LogP contribution in [0.25, 0.3) is 11.0 Å². The van der Waals surface area contributed by atoms with Gasteiger partial charge in [-0.25, -0.2) is 8.42 Å². The largest absolute Gasteiger partial charge is 0.493 e. The van der Waals surface area contributed by atoms with Crippen LogP contribution in [0.3, 0.4) is 0 Å². The molecule has 0 saturated carbocycles. The fourth-order valence-corrected chi connectivity index (χ4v) is 5.81. The minimum absolute atomic E-state index is 0.00826. The van der Waals surface area contributed by atoms with Gasteiger partial charge in [-0.15, -0.1) is 0 Å². The van der Waals surface area contributed by atoms with Gasteiger partial charge in [-0.2, -0.15) is 0 Å². The van der Waals surface area contributed by atoms with E-state index in [0.717, 1.165) is 11.1 Å². The molecule has 4 rings (SSSR count). The molecule has 0 spiro atoms. The molecule has 0 aliphatic carbocycles. The highest BCUT2D eigenvalue weighted by atomic mass is 32.2. The molecule has 2 aromatic carbocycles. The van der Waals surface area contributed by atoms with Crippen molar-refractivity contribution in [3.63, 3.8) is 0 Å². The minimum atomic E-state index is -3.25. The van der Waals surface area contributed by atoms with Gasteiger partial charge >= 0.3 is 0 Å². The van der Waals surface area contributed by atoms with Crippen LogP contribution in [0.2, 0.25) is 0 Å². The lowest BCUT2D eigenvalue weighted by Gasteiger charge is -2.28. The van der Waals surface area contributed by atoms with Crippen molar-refractivity contribution in [2.24, 2.45) is 0 Å². The predicted octanol–water partition coefficient (Wildman–Crippen LogP) is 2.95. The van der Waals surface area contributed by atoms with E-state index in [4.69, 9.17) is 13.9 Å². The van der Waals surface area contributed by atoms with E-state index < -0.39 is 21.8 Å². The molecule has 1 aliphatic rings. The molecule has 1 aromatic heterocycles. The van der Waals surface area contributed by atoms with Crippen molar-refractivity contribution in [1.29, 1.82) is 0 Å². The average molecular weight is 472 g/mol. The normalized spacial score (nSPS) is 17.1. The third-order valence-corrected chi connectivity index (χ3v) is 7.55. The number of fused-ring (bicyclic) bond motifs is 1. The Labute approximate surface area is 191 Å². The quantitative estimate of drug-likeness (QED) is 0.544. The van der Waals surface area contributed by atoms with Crippen molar-refractivity contribution in [1.82, 2.24) is 4.90 Å². The molecule has 1 aliphatic heterocycles. The van der Waals surface area contributed by atoms with Gasteiger partial charge in [-0.1, -0.05) is 17.7 Å². The minimum Gasteiger partial charge on any atom is -0.493 e. The van der Waals surface area contributed by atoms with Crippen LogP contribution in [0.5, 0.6) is 11.5 Å². The Morgan fingerprint density at radius 1 is 1.09 bits per heavy atom. The van der Waals surface area contributed by atoms with E-state index in [9.17, 15) is 18.0 Å². The number of amides is 1. The van der Waals surface area contributed by atoms with Gasteiger partial charge in [0.25, 0.3) is 5.91 Å². The number of aryl methyl sites for hydroxylation is 1. The van der Waals surface area contributed by atoms with Crippen LogP contribution in [0.1, 0.15) is 28.1 Å². The smallest absolute Gasteiger partial charge is 0.290 e. The first-order chi connectivity index (χ1) is 15.7. The second-order valence-electron chi connectivity index (χ2n) is 8.15. The molecule has 2 heterocycles. The van der Waals surface area contributed by atoms with Gasteiger partial charge in [-0.05, 0) is 43.2 Å². The number of nitrogens with zero attached hydrogens (tertiary/aromatic N) is 1. The van der Waals surface area contributed by atoms with Gasteiger partial charge in [0.05, 0.1) is 31.1 Å². The van der Waals surface area contributed by atoms with Crippen molar-refractivity contribution >= 4 is 26.7 Å². The molecule has 0 radical (unpaired) electrons. The first-order valence-electron chi connectivity index (χ1n) is 10.5. The van der Waals surface area contributed by atoms with E-state index in [-0.39, 0.29) is 29.2 Å². The highest BCUT2D eigenvalue weighted by Crippen LogP contribution is 2.30. The zero-order valence-electron chi connectivity index (χ0n) is 18.7. The van der Waals surface area contributed by atoms with Gasteiger partial charge in [0, 0.05) is 18.7 Å². The van der Waals surface area contributed by atoms with Crippen LogP contribution in [0.15, 0.2) is 51.7 Å². The maximum Gasteiger partial charge on any atom is 0.290 e. The van der Waals surface area contributed by atoms with Crippen LogP contribution in [-0.2, 0) is 16.4 Å². The number of hydrogen-bond acceptors (Lipinski definition) is 7. The van der Waals surface area contributed by atoms with Gasteiger partial charge in [-0.3, -0.25) is 9.59 Å². The molecular formula is C24H25NO7S.